The number of aryl methyl sites for hydroxylation is 1. The summed E-state index contributed by atoms with van der Waals surface area (Å²) in [6, 6.07) is 18.9. The van der Waals surface area contributed by atoms with Gasteiger partial charge in [0.05, 0.1) is 0 Å². The Labute approximate surface area is 184 Å². The van der Waals surface area contributed by atoms with Gasteiger partial charge in [-0.15, -0.1) is 0 Å². The lowest BCUT2D eigenvalue weighted by Crippen LogP contribution is -2.41. The summed E-state index contributed by atoms with van der Waals surface area (Å²) in [5.41, 5.74) is 4.60. The van der Waals surface area contributed by atoms with Crippen molar-refractivity contribution in [2.75, 3.05) is 0 Å². The topological polar surface area (TPSA) is 57.8 Å². The van der Waals surface area contributed by atoms with Gasteiger partial charge in [0.1, 0.15) is 11.6 Å². The minimum absolute atomic E-state index is 0.153. The number of amides is 1. The Hall–Kier alpha value is -3.32. The molecule has 4 nitrogen and oxygen atoms in total. The van der Waals surface area contributed by atoms with Crippen molar-refractivity contribution in [3.8, 4) is 6.07 Å². The number of nitrogens with one attached hydrogen (secondary N) is 1. The van der Waals surface area contributed by atoms with Crippen molar-refractivity contribution in [3.05, 3.63) is 77.0 Å². The van der Waals surface area contributed by atoms with E-state index in [1.165, 1.54) is 17.5 Å². The molecule has 2 atom stereocenters. The number of carbonyl (C=O) groups excluding carboxylic acids is 1. The molecule has 3 aromatic rings. The van der Waals surface area contributed by atoms with Crippen molar-refractivity contribution in [2.24, 2.45) is 5.92 Å². The number of nitriles is 1. The van der Waals surface area contributed by atoms with Crippen LogP contribution in [0.4, 0.5) is 0 Å². The smallest absolute Gasteiger partial charge is 0.262 e. The predicted octanol–water partition coefficient (Wildman–Crippen LogP) is 5.60. The molecule has 0 radical (unpaired) electrons. The number of hydrogen-bond donors (Lipinski definition) is 1. The molecule has 4 rings (SSSR count). The van der Waals surface area contributed by atoms with Crippen molar-refractivity contribution in [1.82, 2.24) is 9.88 Å². The Morgan fingerprint density at radius 2 is 2.00 bits per heavy atom. The van der Waals surface area contributed by atoms with Gasteiger partial charge in [-0.05, 0) is 43.4 Å². The molecule has 1 aliphatic rings. The Morgan fingerprint density at radius 3 is 2.77 bits per heavy atom. The molecule has 0 aliphatic heterocycles. The molecule has 4 heteroatoms. The van der Waals surface area contributed by atoms with E-state index < -0.39 is 0 Å². The molecule has 1 amide bonds. The molecule has 1 saturated carbocycles. The molecule has 1 aliphatic carbocycles. The van der Waals surface area contributed by atoms with Gasteiger partial charge >= 0.3 is 0 Å². The molecular weight excluding hydrogens is 382 g/mol. The number of para-hydroxylation sites is 1. The minimum atomic E-state index is -0.267. The highest BCUT2D eigenvalue weighted by Crippen LogP contribution is 2.26. The van der Waals surface area contributed by atoms with E-state index in [1.807, 2.05) is 24.4 Å². The standard InChI is InChI=1S/C27H29N3O/c1-19-8-7-10-21(14-19)17-30-18-23(24-11-4-6-13-26(24)30)15-22(16-28)27(31)29-25-12-5-3-9-20(25)2/h4,6-8,10-11,13-15,18,20,25H,3,5,9,12,17H2,1-2H3,(H,29,31)/b22-15+/t20-,25-/m1/s1. The second-order valence-corrected chi connectivity index (χ2v) is 8.73. The first-order valence-electron chi connectivity index (χ1n) is 11.1. The van der Waals surface area contributed by atoms with E-state index in [-0.39, 0.29) is 17.5 Å². The lowest BCUT2D eigenvalue weighted by atomic mass is 9.86. The van der Waals surface area contributed by atoms with Crippen LogP contribution in [0.25, 0.3) is 17.0 Å². The summed E-state index contributed by atoms with van der Waals surface area (Å²) in [6.07, 6.45) is 8.24. The summed E-state index contributed by atoms with van der Waals surface area (Å²) in [7, 11) is 0. The maximum absolute atomic E-state index is 12.9. The van der Waals surface area contributed by atoms with Crippen molar-refractivity contribution in [2.45, 2.75) is 52.1 Å². The maximum Gasteiger partial charge on any atom is 0.262 e. The lowest BCUT2D eigenvalue weighted by Gasteiger charge is -2.29. The van der Waals surface area contributed by atoms with Gasteiger partial charge in [-0.25, -0.2) is 0 Å². The summed E-state index contributed by atoms with van der Waals surface area (Å²) in [5, 5.41) is 13.9. The normalized spacial score (nSPS) is 19.2. The number of nitrogens with zero attached hydrogens (tertiary/aromatic N) is 2. The molecule has 2 aromatic carbocycles. The third-order valence-electron chi connectivity index (χ3n) is 6.35. The molecule has 0 spiro atoms. The lowest BCUT2D eigenvalue weighted by molar-refractivity contribution is -0.118. The van der Waals surface area contributed by atoms with Crippen LogP contribution >= 0.6 is 0 Å². The number of aromatic nitrogens is 1. The van der Waals surface area contributed by atoms with Crippen molar-refractivity contribution >= 4 is 22.9 Å². The Morgan fingerprint density at radius 1 is 1.19 bits per heavy atom. The molecule has 1 N–H and O–H groups in total. The summed E-state index contributed by atoms with van der Waals surface area (Å²) in [5.74, 6) is 0.186. The van der Waals surface area contributed by atoms with E-state index in [0.29, 0.717) is 5.92 Å². The average molecular weight is 412 g/mol. The van der Waals surface area contributed by atoms with Crippen molar-refractivity contribution < 1.29 is 4.79 Å². The maximum atomic E-state index is 12.9. The third kappa shape index (κ3) is 4.72. The third-order valence-corrected chi connectivity index (χ3v) is 6.35. The summed E-state index contributed by atoms with van der Waals surface area (Å²) in [6.45, 7) is 5.01. The zero-order valence-electron chi connectivity index (χ0n) is 18.3. The van der Waals surface area contributed by atoms with Crippen LogP contribution in [0.1, 0.15) is 49.3 Å². The molecule has 31 heavy (non-hydrogen) atoms. The van der Waals surface area contributed by atoms with Crippen LogP contribution in [0.5, 0.6) is 0 Å². The number of hydrogen-bond acceptors (Lipinski definition) is 2. The van der Waals surface area contributed by atoms with Gasteiger partial charge in [0, 0.05) is 35.2 Å². The summed E-state index contributed by atoms with van der Waals surface area (Å²) >= 11 is 0. The van der Waals surface area contributed by atoms with Crippen molar-refractivity contribution in [1.29, 1.82) is 5.26 Å². The highest BCUT2D eigenvalue weighted by atomic mass is 16.1. The monoisotopic (exact) mass is 411 g/mol. The second-order valence-electron chi connectivity index (χ2n) is 8.73. The Bertz CT molecular complexity index is 1160. The largest absolute Gasteiger partial charge is 0.348 e. The van der Waals surface area contributed by atoms with E-state index >= 15 is 0 Å². The molecule has 1 aromatic heterocycles. The molecule has 0 unspecified atom stereocenters. The molecule has 0 saturated heterocycles. The van der Waals surface area contributed by atoms with Crippen LogP contribution < -0.4 is 5.32 Å². The van der Waals surface area contributed by atoms with Crippen LogP contribution in [0.15, 0.2) is 60.3 Å². The molecule has 1 fully saturated rings. The van der Waals surface area contributed by atoms with Crippen LogP contribution in [0, 0.1) is 24.2 Å². The quantitative estimate of drug-likeness (QED) is 0.439. The Balaban J connectivity index is 1.64. The van der Waals surface area contributed by atoms with Gasteiger partial charge in [-0.3, -0.25) is 4.79 Å². The number of fused-ring (bicyclic) bond motifs is 1. The van der Waals surface area contributed by atoms with Crippen LogP contribution in [-0.2, 0) is 11.3 Å². The number of benzene rings is 2. The first-order chi connectivity index (χ1) is 15.0. The summed E-state index contributed by atoms with van der Waals surface area (Å²) < 4.78 is 2.19. The summed E-state index contributed by atoms with van der Waals surface area (Å²) in [4.78, 5) is 12.9. The van der Waals surface area contributed by atoms with E-state index in [2.05, 4.69) is 60.1 Å². The highest BCUT2D eigenvalue weighted by Gasteiger charge is 2.24. The molecule has 1 heterocycles. The molecular formula is C27H29N3O. The first-order valence-corrected chi connectivity index (χ1v) is 11.1. The predicted molar refractivity (Wildman–Crippen MR) is 125 cm³/mol. The van der Waals surface area contributed by atoms with Gasteiger partial charge < -0.3 is 9.88 Å². The van der Waals surface area contributed by atoms with Crippen LogP contribution in [0.3, 0.4) is 0 Å². The van der Waals surface area contributed by atoms with Gasteiger partial charge in [0.25, 0.3) is 5.91 Å². The van der Waals surface area contributed by atoms with Gasteiger partial charge in [-0.2, -0.15) is 5.26 Å². The van der Waals surface area contributed by atoms with E-state index in [4.69, 9.17) is 0 Å². The fraction of sp³-hybridized carbons (Fsp3) is 0.333. The van der Waals surface area contributed by atoms with Gasteiger partial charge in [0.15, 0.2) is 0 Å². The van der Waals surface area contributed by atoms with Gasteiger partial charge in [-0.1, -0.05) is 67.8 Å². The fourth-order valence-corrected chi connectivity index (χ4v) is 4.61. The minimum Gasteiger partial charge on any atom is -0.348 e. The zero-order chi connectivity index (χ0) is 21.8. The van der Waals surface area contributed by atoms with Crippen LogP contribution in [0.2, 0.25) is 0 Å². The molecule has 0 bridgehead atoms. The fourth-order valence-electron chi connectivity index (χ4n) is 4.61. The average Bonchev–Trinajstić information content (AvgIpc) is 3.11. The van der Waals surface area contributed by atoms with E-state index in [1.54, 1.807) is 6.08 Å². The SMILES string of the molecule is Cc1cccc(Cn2cc(/C=C(\C#N)C(=O)N[C@@H]3CCCC[C@H]3C)c3ccccc32)c1. The van der Waals surface area contributed by atoms with E-state index in [9.17, 15) is 10.1 Å². The first kappa shape index (κ1) is 20.9. The van der Waals surface area contributed by atoms with E-state index in [0.717, 1.165) is 42.3 Å². The van der Waals surface area contributed by atoms with Gasteiger partial charge in [0.2, 0.25) is 0 Å². The van der Waals surface area contributed by atoms with Crippen molar-refractivity contribution in [3.63, 3.8) is 0 Å². The Kier molecular flexibility index (Phi) is 6.23. The molecule has 158 valence electrons. The second kappa shape index (κ2) is 9.22. The number of carbonyl (C=O) groups is 1. The number of rotatable bonds is 5. The zero-order valence-corrected chi connectivity index (χ0v) is 18.3. The highest BCUT2D eigenvalue weighted by molar-refractivity contribution is 6.04. The van der Waals surface area contributed by atoms with Crippen LogP contribution in [-0.4, -0.2) is 16.5 Å².